The standard InChI is InChI=1S/C46H28O/c1-3-10-29(11-4-1)36-21-18-32-19-22-39-41(31-12-5-2-6-13-31)28-42(40-24-23-38(36)45(32)46(39)40)33-20-25-43-34(26-33)27-44(47-43)37-17-9-15-30-14-7-8-16-35(30)37/h1-28H. The molecule has 0 unspecified atom stereocenters. The molecule has 1 heteroatoms. The second-order valence-electron chi connectivity index (χ2n) is 12.5. The van der Waals surface area contributed by atoms with Crippen molar-refractivity contribution >= 4 is 54.1 Å². The van der Waals surface area contributed by atoms with E-state index >= 15 is 0 Å². The molecule has 0 aliphatic carbocycles. The first-order valence-corrected chi connectivity index (χ1v) is 16.2. The lowest BCUT2D eigenvalue weighted by molar-refractivity contribution is 0.632. The molecule has 0 radical (unpaired) electrons. The van der Waals surface area contributed by atoms with Gasteiger partial charge in [-0.05, 0) is 101 Å². The van der Waals surface area contributed by atoms with Crippen LogP contribution in [0.2, 0.25) is 0 Å². The zero-order valence-electron chi connectivity index (χ0n) is 25.6. The molecule has 1 nitrogen and oxygen atoms in total. The van der Waals surface area contributed by atoms with Crippen LogP contribution in [0.5, 0.6) is 0 Å². The van der Waals surface area contributed by atoms with E-state index in [4.69, 9.17) is 4.42 Å². The summed E-state index contributed by atoms with van der Waals surface area (Å²) in [5.74, 6) is 0.891. The summed E-state index contributed by atoms with van der Waals surface area (Å²) < 4.78 is 6.48. The summed E-state index contributed by atoms with van der Waals surface area (Å²) in [6.45, 7) is 0. The Morgan fingerprint density at radius 1 is 0.298 bits per heavy atom. The number of furan rings is 1. The van der Waals surface area contributed by atoms with Gasteiger partial charge in [-0.15, -0.1) is 0 Å². The zero-order valence-corrected chi connectivity index (χ0v) is 25.6. The Kier molecular flexibility index (Phi) is 5.64. The largest absolute Gasteiger partial charge is 0.456 e. The maximum atomic E-state index is 6.48. The van der Waals surface area contributed by atoms with Gasteiger partial charge < -0.3 is 4.42 Å². The molecule has 0 amide bonds. The van der Waals surface area contributed by atoms with E-state index in [1.165, 1.54) is 76.5 Å². The van der Waals surface area contributed by atoms with Gasteiger partial charge in [-0.25, -0.2) is 0 Å². The Morgan fingerprint density at radius 2 is 0.936 bits per heavy atom. The van der Waals surface area contributed by atoms with Crippen molar-refractivity contribution in [2.75, 3.05) is 0 Å². The summed E-state index contributed by atoms with van der Waals surface area (Å²) in [6, 6.07) is 61.5. The van der Waals surface area contributed by atoms with Gasteiger partial charge in [-0.3, -0.25) is 0 Å². The molecule has 1 heterocycles. The van der Waals surface area contributed by atoms with Gasteiger partial charge in [0.15, 0.2) is 0 Å². The Morgan fingerprint density at radius 3 is 1.74 bits per heavy atom. The van der Waals surface area contributed by atoms with Gasteiger partial charge in [0.25, 0.3) is 0 Å². The van der Waals surface area contributed by atoms with E-state index in [0.29, 0.717) is 0 Å². The Bertz CT molecular complexity index is 2760. The Hall–Kier alpha value is -6.18. The van der Waals surface area contributed by atoms with Crippen LogP contribution < -0.4 is 0 Å². The predicted molar refractivity (Wildman–Crippen MR) is 199 cm³/mol. The van der Waals surface area contributed by atoms with Crippen molar-refractivity contribution in [1.82, 2.24) is 0 Å². The van der Waals surface area contributed by atoms with E-state index < -0.39 is 0 Å². The van der Waals surface area contributed by atoms with Crippen molar-refractivity contribution < 1.29 is 4.42 Å². The molecule has 0 aliphatic heterocycles. The first kappa shape index (κ1) is 26.1. The molecule has 1 aromatic heterocycles. The van der Waals surface area contributed by atoms with E-state index in [1.807, 2.05) is 0 Å². The molecule has 9 aromatic carbocycles. The average molecular weight is 597 g/mol. The number of fused-ring (bicyclic) bond motifs is 2. The van der Waals surface area contributed by atoms with Gasteiger partial charge in [0, 0.05) is 10.9 Å². The normalized spacial score (nSPS) is 11.8. The van der Waals surface area contributed by atoms with Gasteiger partial charge in [0.1, 0.15) is 11.3 Å². The maximum absolute atomic E-state index is 6.48. The molecule has 218 valence electrons. The lowest BCUT2D eigenvalue weighted by Crippen LogP contribution is -1.92. The quantitative estimate of drug-likeness (QED) is 0.184. The molecule has 0 spiro atoms. The van der Waals surface area contributed by atoms with Crippen LogP contribution >= 0.6 is 0 Å². The number of rotatable bonds is 4. The topological polar surface area (TPSA) is 13.1 Å². The van der Waals surface area contributed by atoms with Crippen LogP contribution in [0.4, 0.5) is 0 Å². The van der Waals surface area contributed by atoms with Gasteiger partial charge >= 0.3 is 0 Å². The molecule has 0 fully saturated rings. The highest BCUT2D eigenvalue weighted by molar-refractivity contribution is 6.30. The summed E-state index contributed by atoms with van der Waals surface area (Å²) in [4.78, 5) is 0. The fourth-order valence-corrected chi connectivity index (χ4v) is 7.65. The van der Waals surface area contributed by atoms with Crippen LogP contribution in [-0.4, -0.2) is 0 Å². The monoisotopic (exact) mass is 596 g/mol. The van der Waals surface area contributed by atoms with Crippen molar-refractivity contribution in [3.8, 4) is 44.7 Å². The van der Waals surface area contributed by atoms with Crippen LogP contribution in [0, 0.1) is 0 Å². The van der Waals surface area contributed by atoms with E-state index in [-0.39, 0.29) is 0 Å². The molecule has 10 aromatic rings. The molecule has 0 bridgehead atoms. The molecular formula is C46H28O. The highest BCUT2D eigenvalue weighted by Gasteiger charge is 2.19. The maximum Gasteiger partial charge on any atom is 0.136 e. The number of benzene rings is 9. The van der Waals surface area contributed by atoms with Crippen molar-refractivity contribution in [2.24, 2.45) is 0 Å². The summed E-state index contributed by atoms with van der Waals surface area (Å²) in [7, 11) is 0. The minimum absolute atomic E-state index is 0.891. The summed E-state index contributed by atoms with van der Waals surface area (Å²) in [5.41, 5.74) is 9.39. The molecule has 10 rings (SSSR count). The summed E-state index contributed by atoms with van der Waals surface area (Å²) >= 11 is 0. The lowest BCUT2D eigenvalue weighted by Gasteiger charge is -2.19. The van der Waals surface area contributed by atoms with Crippen LogP contribution in [0.15, 0.2) is 174 Å². The van der Waals surface area contributed by atoms with Crippen LogP contribution in [0.1, 0.15) is 0 Å². The van der Waals surface area contributed by atoms with E-state index in [1.54, 1.807) is 0 Å². The van der Waals surface area contributed by atoms with Gasteiger partial charge in [-0.1, -0.05) is 146 Å². The van der Waals surface area contributed by atoms with Crippen LogP contribution in [-0.2, 0) is 0 Å². The first-order valence-electron chi connectivity index (χ1n) is 16.2. The highest BCUT2D eigenvalue weighted by atomic mass is 16.3. The fraction of sp³-hybridized carbons (Fsp3) is 0. The minimum atomic E-state index is 0.891. The Labute approximate surface area is 272 Å². The second-order valence-corrected chi connectivity index (χ2v) is 12.5. The van der Waals surface area contributed by atoms with E-state index in [9.17, 15) is 0 Å². The third kappa shape index (κ3) is 4.03. The van der Waals surface area contributed by atoms with E-state index in [0.717, 1.165) is 22.3 Å². The number of hydrogen-bond donors (Lipinski definition) is 0. The van der Waals surface area contributed by atoms with Crippen LogP contribution in [0.25, 0.3) is 98.8 Å². The number of hydrogen-bond acceptors (Lipinski definition) is 1. The van der Waals surface area contributed by atoms with Crippen LogP contribution in [0.3, 0.4) is 0 Å². The van der Waals surface area contributed by atoms with Crippen molar-refractivity contribution in [3.63, 3.8) is 0 Å². The van der Waals surface area contributed by atoms with Gasteiger partial charge in [-0.2, -0.15) is 0 Å². The second kappa shape index (κ2) is 10.2. The van der Waals surface area contributed by atoms with Gasteiger partial charge in [0.05, 0.1) is 0 Å². The molecule has 0 N–H and O–H groups in total. The lowest BCUT2D eigenvalue weighted by atomic mass is 9.84. The summed E-state index contributed by atoms with van der Waals surface area (Å²) in [6.07, 6.45) is 0. The Balaban J connectivity index is 1.24. The van der Waals surface area contributed by atoms with Gasteiger partial charge in [0.2, 0.25) is 0 Å². The smallest absolute Gasteiger partial charge is 0.136 e. The molecule has 0 aliphatic rings. The molecule has 47 heavy (non-hydrogen) atoms. The van der Waals surface area contributed by atoms with E-state index in [2.05, 4.69) is 170 Å². The predicted octanol–water partition coefficient (Wildman–Crippen LogP) is 13.2. The molecule has 0 saturated heterocycles. The third-order valence-corrected chi connectivity index (χ3v) is 9.83. The highest BCUT2D eigenvalue weighted by Crippen LogP contribution is 2.46. The molecular weight excluding hydrogens is 569 g/mol. The van der Waals surface area contributed by atoms with Crippen molar-refractivity contribution in [3.05, 3.63) is 170 Å². The minimum Gasteiger partial charge on any atom is -0.456 e. The van der Waals surface area contributed by atoms with Crippen molar-refractivity contribution in [1.29, 1.82) is 0 Å². The first-order chi connectivity index (χ1) is 23.3. The SMILES string of the molecule is c1ccc(-c2ccc3ccc4c(-c5ccccc5)cc(-c5ccc6oc(-c7cccc8ccccc78)cc6c5)c5ccc2c3c45)cc1. The fourth-order valence-electron chi connectivity index (χ4n) is 7.65. The van der Waals surface area contributed by atoms with Crippen molar-refractivity contribution in [2.45, 2.75) is 0 Å². The molecule has 0 atom stereocenters. The summed E-state index contributed by atoms with van der Waals surface area (Å²) in [5, 5.41) is 11.2. The average Bonchev–Trinajstić information content (AvgIpc) is 3.57. The zero-order chi connectivity index (χ0) is 30.9. The third-order valence-electron chi connectivity index (χ3n) is 9.83. The molecule has 0 saturated carbocycles.